The number of hydrogen-bond donors (Lipinski definition) is 1. The minimum absolute atomic E-state index is 0.0533. The van der Waals surface area contributed by atoms with E-state index in [1.165, 1.54) is 25.7 Å². The summed E-state index contributed by atoms with van der Waals surface area (Å²) in [5.74, 6) is -0.0533. The third kappa shape index (κ3) is 2.89. The highest BCUT2D eigenvalue weighted by Crippen LogP contribution is 2.35. The molecular weight excluding hydrogens is 251 g/mol. The average molecular weight is 276 g/mol. The highest BCUT2D eigenvalue weighted by molar-refractivity contribution is 5.17. The van der Waals surface area contributed by atoms with Crippen molar-refractivity contribution in [3.05, 3.63) is 35.6 Å². The summed E-state index contributed by atoms with van der Waals surface area (Å²) in [7, 11) is 0. The van der Waals surface area contributed by atoms with Crippen molar-refractivity contribution in [1.29, 1.82) is 0 Å². The van der Waals surface area contributed by atoms with Crippen molar-refractivity contribution in [3.63, 3.8) is 0 Å². The van der Waals surface area contributed by atoms with E-state index in [1.54, 1.807) is 12.1 Å². The second kappa shape index (κ2) is 6.23. The van der Waals surface area contributed by atoms with Crippen LogP contribution in [-0.4, -0.2) is 36.1 Å². The third-order valence-electron chi connectivity index (χ3n) is 4.97. The lowest BCUT2D eigenvalue weighted by atomic mass is 9.96. The van der Waals surface area contributed by atoms with Gasteiger partial charge in [0.1, 0.15) is 5.82 Å². The summed E-state index contributed by atoms with van der Waals surface area (Å²) in [6.45, 7) is 4.26. The Morgan fingerprint density at radius 1 is 1.20 bits per heavy atom. The first kappa shape index (κ1) is 14.0. The van der Waals surface area contributed by atoms with Crippen LogP contribution in [0.25, 0.3) is 0 Å². The molecule has 1 N–H and O–H groups in total. The Morgan fingerprint density at radius 2 is 1.90 bits per heavy atom. The van der Waals surface area contributed by atoms with Crippen LogP contribution in [0.4, 0.5) is 4.39 Å². The van der Waals surface area contributed by atoms with Crippen molar-refractivity contribution in [2.45, 2.75) is 57.2 Å². The maximum atomic E-state index is 13.7. The van der Waals surface area contributed by atoms with Crippen LogP contribution in [0.3, 0.4) is 0 Å². The maximum absolute atomic E-state index is 13.7. The number of hydrogen-bond acceptors (Lipinski definition) is 2. The lowest BCUT2D eigenvalue weighted by Crippen LogP contribution is -2.49. The Balaban J connectivity index is 1.58. The molecule has 2 atom stereocenters. The SMILES string of the molecule is CCNC1CC2CCC(C1)N2CCc1ccccc1F. The van der Waals surface area contributed by atoms with E-state index < -0.39 is 0 Å². The Labute approximate surface area is 121 Å². The van der Waals surface area contributed by atoms with Gasteiger partial charge in [-0.15, -0.1) is 0 Å². The molecule has 1 aromatic carbocycles. The summed E-state index contributed by atoms with van der Waals surface area (Å²) in [6, 6.07) is 9.31. The molecule has 0 radical (unpaired) electrons. The van der Waals surface area contributed by atoms with Gasteiger partial charge in [-0.05, 0) is 50.3 Å². The average Bonchev–Trinajstić information content (AvgIpc) is 2.68. The second-order valence-corrected chi connectivity index (χ2v) is 6.19. The van der Waals surface area contributed by atoms with Crippen LogP contribution in [0.2, 0.25) is 0 Å². The van der Waals surface area contributed by atoms with E-state index in [1.807, 2.05) is 12.1 Å². The van der Waals surface area contributed by atoms with Crippen LogP contribution in [0.1, 0.15) is 38.2 Å². The summed E-state index contributed by atoms with van der Waals surface area (Å²) in [4.78, 5) is 2.64. The van der Waals surface area contributed by atoms with E-state index in [4.69, 9.17) is 0 Å². The number of benzene rings is 1. The fourth-order valence-electron chi connectivity index (χ4n) is 4.05. The molecule has 1 aromatic rings. The van der Waals surface area contributed by atoms with Gasteiger partial charge < -0.3 is 5.32 Å². The van der Waals surface area contributed by atoms with Crippen LogP contribution >= 0.6 is 0 Å². The molecule has 20 heavy (non-hydrogen) atoms. The number of nitrogens with one attached hydrogen (secondary N) is 1. The van der Waals surface area contributed by atoms with Crippen molar-refractivity contribution in [3.8, 4) is 0 Å². The third-order valence-corrected chi connectivity index (χ3v) is 4.97. The largest absolute Gasteiger partial charge is 0.314 e. The Morgan fingerprint density at radius 3 is 2.55 bits per heavy atom. The first-order chi connectivity index (χ1) is 9.78. The second-order valence-electron chi connectivity index (χ2n) is 6.19. The zero-order chi connectivity index (χ0) is 13.9. The van der Waals surface area contributed by atoms with Crippen LogP contribution in [0.5, 0.6) is 0 Å². The van der Waals surface area contributed by atoms with E-state index in [0.717, 1.165) is 25.1 Å². The van der Waals surface area contributed by atoms with Gasteiger partial charge in [0.2, 0.25) is 0 Å². The molecule has 2 nitrogen and oxygen atoms in total. The van der Waals surface area contributed by atoms with Crippen LogP contribution in [0, 0.1) is 5.82 Å². The molecule has 2 aliphatic rings. The number of nitrogens with zero attached hydrogens (tertiary/aromatic N) is 1. The van der Waals surface area contributed by atoms with Gasteiger partial charge in [0.05, 0.1) is 0 Å². The smallest absolute Gasteiger partial charge is 0.126 e. The van der Waals surface area contributed by atoms with Crippen molar-refractivity contribution in [2.24, 2.45) is 0 Å². The van der Waals surface area contributed by atoms with E-state index >= 15 is 0 Å². The highest BCUT2D eigenvalue weighted by Gasteiger charge is 2.39. The van der Waals surface area contributed by atoms with Crippen LogP contribution in [-0.2, 0) is 6.42 Å². The standard InChI is InChI=1S/C17H25FN2/c1-2-19-14-11-15-7-8-16(12-14)20(15)10-9-13-5-3-4-6-17(13)18/h3-6,14-16,19H,2,7-12H2,1H3. The minimum atomic E-state index is -0.0533. The van der Waals surface area contributed by atoms with E-state index in [9.17, 15) is 4.39 Å². The lowest BCUT2D eigenvalue weighted by molar-refractivity contribution is 0.119. The summed E-state index contributed by atoms with van der Waals surface area (Å²) in [5, 5.41) is 3.60. The lowest BCUT2D eigenvalue weighted by Gasteiger charge is -2.39. The monoisotopic (exact) mass is 276 g/mol. The van der Waals surface area contributed by atoms with E-state index in [0.29, 0.717) is 18.1 Å². The molecule has 0 saturated carbocycles. The maximum Gasteiger partial charge on any atom is 0.126 e. The Kier molecular flexibility index (Phi) is 4.37. The topological polar surface area (TPSA) is 15.3 Å². The molecule has 2 saturated heterocycles. The number of piperidine rings is 1. The number of rotatable bonds is 5. The molecule has 0 aromatic heterocycles. The Bertz CT molecular complexity index is 434. The fraction of sp³-hybridized carbons (Fsp3) is 0.647. The first-order valence-corrected chi connectivity index (χ1v) is 8.00. The van der Waals surface area contributed by atoms with Gasteiger partial charge in [-0.2, -0.15) is 0 Å². The molecule has 3 heteroatoms. The molecular formula is C17H25FN2. The normalized spacial score (nSPS) is 29.8. The van der Waals surface area contributed by atoms with Gasteiger partial charge in [-0.1, -0.05) is 25.1 Å². The van der Waals surface area contributed by atoms with Gasteiger partial charge in [0, 0.05) is 24.7 Å². The van der Waals surface area contributed by atoms with Crippen LogP contribution in [0.15, 0.2) is 24.3 Å². The molecule has 3 rings (SSSR count). The summed E-state index contributed by atoms with van der Waals surface area (Å²) in [6.07, 6.45) is 6.02. The first-order valence-electron chi connectivity index (χ1n) is 8.00. The van der Waals surface area contributed by atoms with Crippen molar-refractivity contribution < 1.29 is 4.39 Å². The van der Waals surface area contributed by atoms with E-state index in [-0.39, 0.29) is 5.82 Å². The van der Waals surface area contributed by atoms with Gasteiger partial charge >= 0.3 is 0 Å². The Hall–Kier alpha value is -0.930. The summed E-state index contributed by atoms with van der Waals surface area (Å²) < 4.78 is 13.7. The molecule has 2 fully saturated rings. The molecule has 2 heterocycles. The van der Waals surface area contributed by atoms with Crippen molar-refractivity contribution in [2.75, 3.05) is 13.1 Å². The van der Waals surface area contributed by atoms with Gasteiger partial charge in [-0.3, -0.25) is 4.90 Å². The van der Waals surface area contributed by atoms with Crippen LogP contribution < -0.4 is 5.32 Å². The quantitative estimate of drug-likeness (QED) is 0.889. The van der Waals surface area contributed by atoms with Crippen molar-refractivity contribution >= 4 is 0 Å². The molecule has 0 aliphatic carbocycles. The predicted octanol–water partition coefficient (Wildman–Crippen LogP) is 2.97. The van der Waals surface area contributed by atoms with Crippen molar-refractivity contribution in [1.82, 2.24) is 10.2 Å². The molecule has 2 aliphatic heterocycles. The molecule has 2 bridgehead atoms. The number of fused-ring (bicyclic) bond motifs is 2. The van der Waals surface area contributed by atoms with Gasteiger partial charge in [0.15, 0.2) is 0 Å². The highest BCUT2D eigenvalue weighted by atomic mass is 19.1. The predicted molar refractivity (Wildman–Crippen MR) is 80.3 cm³/mol. The number of halogens is 1. The van der Waals surface area contributed by atoms with E-state index in [2.05, 4.69) is 17.1 Å². The molecule has 0 amide bonds. The van der Waals surface area contributed by atoms with Gasteiger partial charge in [0.25, 0.3) is 0 Å². The fourth-order valence-corrected chi connectivity index (χ4v) is 4.05. The molecule has 0 spiro atoms. The van der Waals surface area contributed by atoms with Gasteiger partial charge in [-0.25, -0.2) is 4.39 Å². The summed E-state index contributed by atoms with van der Waals surface area (Å²) in [5.41, 5.74) is 0.862. The zero-order valence-electron chi connectivity index (χ0n) is 12.3. The molecule has 110 valence electrons. The minimum Gasteiger partial charge on any atom is -0.314 e. The summed E-state index contributed by atoms with van der Waals surface area (Å²) >= 11 is 0. The zero-order valence-corrected chi connectivity index (χ0v) is 12.3. The molecule has 2 unspecified atom stereocenters.